The zero-order chi connectivity index (χ0) is 9.72. The quantitative estimate of drug-likeness (QED) is 0.280. The molecule has 0 aromatic rings. The first-order valence-corrected chi connectivity index (χ1v) is 3.48. The minimum atomic E-state index is -1.67. The number of hydrogen-bond donors (Lipinski definition) is 6. The molecule has 0 bridgehead atoms. The molecule has 0 heterocycles. The molecule has 0 spiro atoms. The number of hydrogen-bond acceptors (Lipinski definition) is 6. The number of halogens is 2. The summed E-state index contributed by atoms with van der Waals surface area (Å²) >= 11 is 0. The van der Waals surface area contributed by atoms with Gasteiger partial charge in [0, 0.05) is 0 Å². The summed E-state index contributed by atoms with van der Waals surface area (Å²) in [5, 5.41) is 52.2. The van der Waals surface area contributed by atoms with Crippen molar-refractivity contribution in [3.63, 3.8) is 0 Å². The van der Waals surface area contributed by atoms with Gasteiger partial charge in [-0.1, -0.05) is 0 Å². The van der Waals surface area contributed by atoms with Crippen LogP contribution in [-0.2, 0) is 0 Å². The SMILES string of the molecule is OC[C@@H](O)[C@@H](O)[C@H](O)[C@@H](O)CO.[Ca+2].[Cl-].[Cl-]. The van der Waals surface area contributed by atoms with Crippen LogP contribution in [0.5, 0.6) is 0 Å². The maximum atomic E-state index is 8.96. The van der Waals surface area contributed by atoms with Crippen molar-refractivity contribution in [1.29, 1.82) is 0 Å². The van der Waals surface area contributed by atoms with E-state index in [1.165, 1.54) is 0 Å². The summed E-state index contributed by atoms with van der Waals surface area (Å²) in [6.07, 6.45) is -6.39. The molecule has 0 amide bonds. The average molecular weight is 293 g/mol. The van der Waals surface area contributed by atoms with Crippen LogP contribution < -0.4 is 24.8 Å². The van der Waals surface area contributed by atoms with Gasteiger partial charge >= 0.3 is 37.7 Å². The third-order valence-electron chi connectivity index (χ3n) is 1.51. The van der Waals surface area contributed by atoms with Crippen LogP contribution in [0.25, 0.3) is 0 Å². The van der Waals surface area contributed by atoms with E-state index in [0.29, 0.717) is 0 Å². The van der Waals surface area contributed by atoms with E-state index in [2.05, 4.69) is 0 Å². The molecule has 6 N–H and O–H groups in total. The maximum absolute atomic E-state index is 8.96. The van der Waals surface area contributed by atoms with Crippen molar-refractivity contribution in [3.05, 3.63) is 0 Å². The van der Waals surface area contributed by atoms with E-state index in [9.17, 15) is 0 Å². The Labute approximate surface area is 130 Å². The van der Waals surface area contributed by atoms with E-state index in [0.717, 1.165) is 0 Å². The van der Waals surface area contributed by atoms with Crippen molar-refractivity contribution < 1.29 is 55.5 Å². The summed E-state index contributed by atoms with van der Waals surface area (Å²) in [4.78, 5) is 0. The largest absolute Gasteiger partial charge is 2.00 e. The summed E-state index contributed by atoms with van der Waals surface area (Å²) in [7, 11) is 0. The molecule has 0 aliphatic heterocycles. The summed E-state index contributed by atoms with van der Waals surface area (Å²) in [5.41, 5.74) is 0. The van der Waals surface area contributed by atoms with Gasteiger partial charge in [0.25, 0.3) is 0 Å². The fourth-order valence-corrected chi connectivity index (χ4v) is 0.671. The third kappa shape index (κ3) is 9.31. The van der Waals surface area contributed by atoms with Crippen LogP contribution >= 0.6 is 0 Å². The molecule has 6 nitrogen and oxygen atoms in total. The van der Waals surface area contributed by atoms with Gasteiger partial charge in [-0.05, 0) is 0 Å². The van der Waals surface area contributed by atoms with Crippen molar-refractivity contribution in [2.24, 2.45) is 0 Å². The van der Waals surface area contributed by atoms with Gasteiger partial charge in [0.1, 0.15) is 24.4 Å². The number of aliphatic hydroxyl groups is 6. The molecule has 0 fully saturated rings. The molecule has 9 heteroatoms. The first-order valence-electron chi connectivity index (χ1n) is 3.48. The third-order valence-corrected chi connectivity index (χ3v) is 1.51. The summed E-state index contributed by atoms with van der Waals surface area (Å²) in [6, 6.07) is 0. The van der Waals surface area contributed by atoms with Gasteiger partial charge in [-0.15, -0.1) is 0 Å². The zero-order valence-corrected chi connectivity index (χ0v) is 11.6. The smallest absolute Gasteiger partial charge is 1.00 e. The van der Waals surface area contributed by atoms with Crippen LogP contribution in [0.15, 0.2) is 0 Å². The molecule has 4 atom stereocenters. The first kappa shape index (κ1) is 25.4. The Morgan fingerprint density at radius 2 is 0.867 bits per heavy atom. The number of aliphatic hydroxyl groups excluding tert-OH is 6. The minimum absolute atomic E-state index is 0. The standard InChI is InChI=1S/C6H14O6.Ca.2ClH/c7-1-3(9)5(11)6(12)4(10)2-8;;;/h3-12H,1-2H2;;2*1H/q;+2;;/p-2/t3-,4+,5-,6-;;;/m1.../s1. The Hall–Kier alpha value is 1.60. The summed E-state index contributed by atoms with van der Waals surface area (Å²) in [5.74, 6) is 0. The van der Waals surface area contributed by atoms with Crippen LogP contribution in [0.1, 0.15) is 0 Å². The normalized spacial score (nSPS) is 17.2. The van der Waals surface area contributed by atoms with Crippen molar-refractivity contribution in [3.8, 4) is 0 Å². The predicted octanol–water partition coefficient (Wildman–Crippen LogP) is -9.96. The second-order valence-corrected chi connectivity index (χ2v) is 2.48. The van der Waals surface area contributed by atoms with Gasteiger partial charge < -0.3 is 55.5 Å². The molecule has 0 aliphatic carbocycles. The van der Waals surface area contributed by atoms with Crippen molar-refractivity contribution in [2.75, 3.05) is 13.2 Å². The summed E-state index contributed by atoms with van der Waals surface area (Å²) < 4.78 is 0. The first-order chi connectivity index (χ1) is 5.54. The molecule has 0 aromatic heterocycles. The van der Waals surface area contributed by atoms with Crippen LogP contribution in [0.2, 0.25) is 0 Å². The molecule has 0 rings (SSSR count). The Morgan fingerprint density at radius 1 is 0.667 bits per heavy atom. The van der Waals surface area contributed by atoms with Crippen LogP contribution in [0.4, 0.5) is 0 Å². The van der Waals surface area contributed by atoms with E-state index in [4.69, 9.17) is 30.6 Å². The van der Waals surface area contributed by atoms with E-state index >= 15 is 0 Å². The van der Waals surface area contributed by atoms with Crippen molar-refractivity contribution >= 4 is 37.7 Å². The van der Waals surface area contributed by atoms with Crippen molar-refractivity contribution in [2.45, 2.75) is 24.4 Å². The van der Waals surface area contributed by atoms with Gasteiger partial charge in [-0.2, -0.15) is 0 Å². The maximum Gasteiger partial charge on any atom is 2.00 e. The Morgan fingerprint density at radius 3 is 1.00 bits per heavy atom. The molecule has 90 valence electrons. The Bertz CT molecular complexity index is 118. The Balaban J connectivity index is -0.000000202. The van der Waals surface area contributed by atoms with Gasteiger partial charge in [-0.25, -0.2) is 0 Å². The molecule has 0 aromatic carbocycles. The topological polar surface area (TPSA) is 121 Å². The molecular weight excluding hydrogens is 279 g/mol. The van der Waals surface area contributed by atoms with Gasteiger partial charge in [0.15, 0.2) is 0 Å². The zero-order valence-electron chi connectivity index (χ0n) is 7.87. The van der Waals surface area contributed by atoms with E-state index in [1.807, 2.05) is 0 Å². The minimum Gasteiger partial charge on any atom is -1.00 e. The molecule has 15 heavy (non-hydrogen) atoms. The van der Waals surface area contributed by atoms with Gasteiger partial charge in [0.05, 0.1) is 13.2 Å². The van der Waals surface area contributed by atoms with Crippen LogP contribution in [0.3, 0.4) is 0 Å². The molecule has 0 saturated heterocycles. The summed E-state index contributed by atoms with van der Waals surface area (Å²) in [6.45, 7) is -1.45. The second-order valence-electron chi connectivity index (χ2n) is 2.48. The van der Waals surface area contributed by atoms with E-state index < -0.39 is 37.6 Å². The monoisotopic (exact) mass is 292 g/mol. The van der Waals surface area contributed by atoms with Gasteiger partial charge in [-0.3, -0.25) is 0 Å². The van der Waals surface area contributed by atoms with Gasteiger partial charge in [0.2, 0.25) is 0 Å². The van der Waals surface area contributed by atoms with Crippen molar-refractivity contribution in [1.82, 2.24) is 0 Å². The average Bonchev–Trinajstić information content (AvgIpc) is 2.12. The predicted molar refractivity (Wildman–Crippen MR) is 44.0 cm³/mol. The fraction of sp³-hybridized carbons (Fsp3) is 1.00. The molecular formula is C6H14CaCl2O6. The van der Waals surface area contributed by atoms with Crippen LogP contribution in [-0.4, -0.2) is 106 Å². The molecule has 0 aliphatic rings. The molecule has 0 radical (unpaired) electrons. The van der Waals surface area contributed by atoms with E-state index in [-0.39, 0.29) is 62.6 Å². The molecule has 0 unspecified atom stereocenters. The second kappa shape index (κ2) is 13.7. The van der Waals surface area contributed by atoms with Crippen LogP contribution in [0, 0.1) is 0 Å². The fourth-order valence-electron chi connectivity index (χ4n) is 0.671. The molecule has 0 saturated carbocycles. The number of rotatable bonds is 5. The van der Waals surface area contributed by atoms with E-state index in [1.54, 1.807) is 0 Å². The Kier molecular flexibility index (Phi) is 23.2.